The van der Waals surface area contributed by atoms with Gasteiger partial charge in [-0.2, -0.15) is 0 Å². The van der Waals surface area contributed by atoms with Crippen LogP contribution in [0.2, 0.25) is 0 Å². The molecule has 1 aromatic heterocycles. The first-order chi connectivity index (χ1) is 10.2. The summed E-state index contributed by atoms with van der Waals surface area (Å²) < 4.78 is 5.81. The Morgan fingerprint density at radius 2 is 2.32 bits per heavy atom. The SMILES string of the molecule is CC(CN1CCc2[nH]c(=S)ncc2C1)NC(=O)OC(C)(C)C. The normalized spacial score (nSPS) is 16.7. The topological polar surface area (TPSA) is 70.2 Å². The molecule has 2 N–H and O–H groups in total. The summed E-state index contributed by atoms with van der Waals surface area (Å²) in [5.41, 5.74) is 1.87. The number of hydrogen-bond acceptors (Lipinski definition) is 5. The van der Waals surface area contributed by atoms with Crippen molar-refractivity contribution < 1.29 is 9.53 Å². The van der Waals surface area contributed by atoms with Crippen molar-refractivity contribution >= 4 is 18.3 Å². The molecule has 122 valence electrons. The molecule has 0 spiro atoms. The molecule has 0 aromatic carbocycles. The van der Waals surface area contributed by atoms with Gasteiger partial charge in [-0.25, -0.2) is 9.78 Å². The second kappa shape index (κ2) is 6.75. The Kier molecular flexibility index (Phi) is 5.18. The Labute approximate surface area is 136 Å². The average Bonchev–Trinajstić information content (AvgIpc) is 2.36. The monoisotopic (exact) mass is 324 g/mol. The largest absolute Gasteiger partial charge is 0.444 e. The van der Waals surface area contributed by atoms with Crippen molar-refractivity contribution in [3.05, 3.63) is 22.2 Å². The summed E-state index contributed by atoms with van der Waals surface area (Å²) in [7, 11) is 0. The number of fused-ring (bicyclic) bond motifs is 1. The number of H-pyrrole nitrogens is 1. The minimum absolute atomic E-state index is 0.0200. The third-order valence-electron chi connectivity index (χ3n) is 3.35. The third kappa shape index (κ3) is 5.06. The zero-order chi connectivity index (χ0) is 16.3. The van der Waals surface area contributed by atoms with Crippen LogP contribution in [0.3, 0.4) is 0 Å². The van der Waals surface area contributed by atoms with E-state index in [4.69, 9.17) is 17.0 Å². The molecule has 0 fully saturated rings. The average molecular weight is 324 g/mol. The summed E-state index contributed by atoms with van der Waals surface area (Å²) in [6.45, 7) is 10.1. The van der Waals surface area contributed by atoms with Gasteiger partial charge in [-0.3, -0.25) is 4.90 Å². The van der Waals surface area contributed by atoms with Crippen molar-refractivity contribution in [2.24, 2.45) is 0 Å². The number of ether oxygens (including phenoxy) is 1. The molecule has 0 radical (unpaired) electrons. The molecule has 1 amide bonds. The van der Waals surface area contributed by atoms with Gasteiger partial charge in [-0.15, -0.1) is 0 Å². The summed E-state index contributed by atoms with van der Waals surface area (Å²) in [6, 6.07) is 0.0200. The van der Waals surface area contributed by atoms with Gasteiger partial charge in [0.05, 0.1) is 0 Å². The van der Waals surface area contributed by atoms with Crippen molar-refractivity contribution in [3.63, 3.8) is 0 Å². The van der Waals surface area contributed by atoms with Crippen molar-refractivity contribution in [2.75, 3.05) is 13.1 Å². The van der Waals surface area contributed by atoms with Crippen LogP contribution in [0.1, 0.15) is 39.0 Å². The summed E-state index contributed by atoms with van der Waals surface area (Å²) in [6.07, 6.45) is 2.38. The van der Waals surface area contributed by atoms with E-state index in [0.29, 0.717) is 4.77 Å². The van der Waals surface area contributed by atoms with E-state index in [1.54, 1.807) is 0 Å². The number of alkyl carbamates (subject to hydrolysis) is 1. The first-order valence-electron chi connectivity index (χ1n) is 7.52. The number of nitrogens with one attached hydrogen (secondary N) is 2. The van der Waals surface area contributed by atoms with E-state index in [1.165, 1.54) is 11.3 Å². The van der Waals surface area contributed by atoms with Crippen LogP contribution in [0.15, 0.2) is 6.20 Å². The molecule has 22 heavy (non-hydrogen) atoms. The van der Waals surface area contributed by atoms with Crippen LogP contribution >= 0.6 is 12.2 Å². The molecule has 0 bridgehead atoms. The fraction of sp³-hybridized carbons (Fsp3) is 0.667. The highest BCUT2D eigenvalue weighted by molar-refractivity contribution is 7.71. The van der Waals surface area contributed by atoms with Crippen molar-refractivity contribution in [1.29, 1.82) is 0 Å². The van der Waals surface area contributed by atoms with Crippen LogP contribution in [-0.2, 0) is 17.7 Å². The van der Waals surface area contributed by atoms with Crippen LogP contribution in [0.5, 0.6) is 0 Å². The molecule has 1 aromatic rings. The maximum atomic E-state index is 11.8. The predicted octanol–water partition coefficient (Wildman–Crippen LogP) is 2.41. The number of carbonyl (C=O) groups is 1. The van der Waals surface area contributed by atoms with Gasteiger partial charge in [0, 0.05) is 49.6 Å². The molecular weight excluding hydrogens is 300 g/mol. The lowest BCUT2D eigenvalue weighted by Crippen LogP contribution is -2.45. The molecule has 1 aliphatic rings. The molecule has 7 heteroatoms. The Morgan fingerprint density at radius 3 is 3.00 bits per heavy atom. The fourth-order valence-corrected chi connectivity index (χ4v) is 2.68. The van der Waals surface area contributed by atoms with Gasteiger partial charge in [-0.1, -0.05) is 0 Å². The Bertz CT molecular complexity index is 594. The molecule has 1 aliphatic heterocycles. The van der Waals surface area contributed by atoms with Crippen LogP contribution in [0.4, 0.5) is 4.79 Å². The summed E-state index contributed by atoms with van der Waals surface area (Å²) in [5.74, 6) is 0. The van der Waals surface area contributed by atoms with Gasteiger partial charge < -0.3 is 15.0 Å². The van der Waals surface area contributed by atoms with E-state index in [9.17, 15) is 4.79 Å². The number of rotatable bonds is 3. The standard InChI is InChI=1S/C15H24N4O2S/c1-10(17-14(20)21-15(2,3)4)8-19-6-5-12-11(9-19)7-16-13(22)18-12/h7,10H,5-6,8-9H2,1-4H3,(H,17,20)(H,16,18,22). The Hall–Kier alpha value is -1.47. The maximum absolute atomic E-state index is 11.8. The van der Waals surface area contributed by atoms with E-state index in [1.807, 2.05) is 33.9 Å². The first kappa shape index (κ1) is 16.9. The van der Waals surface area contributed by atoms with E-state index in [0.717, 1.165) is 26.1 Å². The van der Waals surface area contributed by atoms with Crippen LogP contribution in [0.25, 0.3) is 0 Å². The quantitative estimate of drug-likeness (QED) is 0.836. The fourth-order valence-electron chi connectivity index (χ4n) is 2.50. The second-order valence-electron chi connectivity index (χ2n) is 6.72. The van der Waals surface area contributed by atoms with Crippen LogP contribution < -0.4 is 5.32 Å². The highest BCUT2D eigenvalue weighted by atomic mass is 32.1. The summed E-state index contributed by atoms with van der Waals surface area (Å²) in [5, 5.41) is 2.87. The van der Waals surface area contributed by atoms with Gasteiger partial charge >= 0.3 is 6.09 Å². The predicted molar refractivity (Wildman–Crippen MR) is 87.2 cm³/mol. The zero-order valence-electron chi connectivity index (χ0n) is 13.6. The molecule has 1 atom stereocenters. The van der Waals surface area contributed by atoms with Crippen LogP contribution in [0, 0.1) is 4.77 Å². The maximum Gasteiger partial charge on any atom is 0.407 e. The van der Waals surface area contributed by atoms with Crippen LogP contribution in [-0.4, -0.2) is 45.7 Å². The minimum atomic E-state index is -0.475. The Balaban J connectivity index is 1.86. The van der Waals surface area contributed by atoms with Gasteiger partial charge in [-0.05, 0) is 39.9 Å². The molecular formula is C15H24N4O2S. The molecule has 6 nitrogen and oxygen atoms in total. The number of aromatic amines is 1. The zero-order valence-corrected chi connectivity index (χ0v) is 14.4. The van der Waals surface area contributed by atoms with Crippen molar-refractivity contribution in [3.8, 4) is 0 Å². The number of hydrogen-bond donors (Lipinski definition) is 2. The van der Waals surface area contributed by atoms with Gasteiger partial charge in [0.2, 0.25) is 0 Å². The van der Waals surface area contributed by atoms with Gasteiger partial charge in [0.1, 0.15) is 5.60 Å². The highest BCUT2D eigenvalue weighted by Gasteiger charge is 2.21. The Morgan fingerprint density at radius 1 is 1.59 bits per heavy atom. The van der Waals surface area contributed by atoms with Gasteiger partial charge in [0.25, 0.3) is 0 Å². The minimum Gasteiger partial charge on any atom is -0.444 e. The molecule has 0 saturated carbocycles. The third-order valence-corrected chi connectivity index (χ3v) is 3.56. The van der Waals surface area contributed by atoms with E-state index in [-0.39, 0.29) is 12.1 Å². The highest BCUT2D eigenvalue weighted by Crippen LogP contribution is 2.16. The van der Waals surface area contributed by atoms with Crippen molar-refractivity contribution in [1.82, 2.24) is 20.2 Å². The van der Waals surface area contributed by atoms with Crippen molar-refractivity contribution in [2.45, 2.75) is 52.3 Å². The van der Waals surface area contributed by atoms with Gasteiger partial charge in [0.15, 0.2) is 4.77 Å². The summed E-state index contributed by atoms with van der Waals surface area (Å²) in [4.78, 5) is 21.3. The number of carbonyl (C=O) groups excluding carboxylic acids is 1. The second-order valence-corrected chi connectivity index (χ2v) is 7.11. The molecule has 2 heterocycles. The lowest BCUT2D eigenvalue weighted by Gasteiger charge is -2.31. The molecule has 0 saturated heterocycles. The van der Waals surface area contributed by atoms with E-state index in [2.05, 4.69) is 20.2 Å². The smallest absolute Gasteiger partial charge is 0.407 e. The number of aromatic nitrogens is 2. The molecule has 2 rings (SSSR count). The molecule has 0 aliphatic carbocycles. The lowest BCUT2D eigenvalue weighted by atomic mass is 10.1. The number of amides is 1. The lowest BCUT2D eigenvalue weighted by molar-refractivity contribution is 0.0495. The van der Waals surface area contributed by atoms with E-state index < -0.39 is 5.60 Å². The summed E-state index contributed by atoms with van der Waals surface area (Å²) >= 11 is 5.05. The number of nitrogens with zero attached hydrogens (tertiary/aromatic N) is 2. The van der Waals surface area contributed by atoms with E-state index >= 15 is 0 Å². The first-order valence-corrected chi connectivity index (χ1v) is 7.93. The molecule has 1 unspecified atom stereocenters.